The van der Waals surface area contributed by atoms with Crippen LogP contribution in [0.25, 0.3) is 0 Å². The number of ether oxygens (including phenoxy) is 3. The monoisotopic (exact) mass is 382 g/mol. The van der Waals surface area contributed by atoms with Gasteiger partial charge in [-0.1, -0.05) is 20.8 Å². The van der Waals surface area contributed by atoms with Gasteiger partial charge in [-0.15, -0.1) is 0 Å². The highest BCUT2D eigenvalue weighted by Crippen LogP contribution is 2.31. The van der Waals surface area contributed by atoms with Crippen molar-refractivity contribution < 1.29 is 23.8 Å². The molecule has 0 amide bonds. The summed E-state index contributed by atoms with van der Waals surface area (Å²) in [6.45, 7) is 6.98. The van der Waals surface area contributed by atoms with E-state index in [2.05, 4.69) is 4.98 Å². The predicted molar refractivity (Wildman–Crippen MR) is 94.9 cm³/mol. The van der Waals surface area contributed by atoms with Crippen LogP contribution in [0.2, 0.25) is 0 Å². The summed E-state index contributed by atoms with van der Waals surface area (Å²) < 4.78 is 17.7. The fourth-order valence-corrected chi connectivity index (χ4v) is 2.62. The molecule has 27 heavy (non-hydrogen) atoms. The van der Waals surface area contributed by atoms with Crippen molar-refractivity contribution in [2.75, 3.05) is 0 Å². The molecule has 9 heteroatoms. The Kier molecular flexibility index (Phi) is 6.95. The molecule has 0 aliphatic carbocycles. The number of hydrogen-bond donors (Lipinski definition) is 1. The summed E-state index contributed by atoms with van der Waals surface area (Å²) >= 11 is 0. The zero-order chi connectivity index (χ0) is 20.1. The van der Waals surface area contributed by atoms with Crippen LogP contribution >= 0.6 is 0 Å². The Bertz CT molecular complexity index is 798. The first-order valence-electron chi connectivity index (χ1n) is 9.14. The molecule has 0 aromatic carbocycles. The number of esters is 2. The summed E-state index contributed by atoms with van der Waals surface area (Å²) in [5.74, 6) is -1.23. The summed E-state index contributed by atoms with van der Waals surface area (Å²) in [5.41, 5.74) is -0.805. The van der Waals surface area contributed by atoms with Crippen molar-refractivity contribution in [1.82, 2.24) is 9.55 Å². The van der Waals surface area contributed by atoms with E-state index >= 15 is 0 Å². The van der Waals surface area contributed by atoms with E-state index < -0.39 is 41.8 Å². The van der Waals surface area contributed by atoms with Gasteiger partial charge in [-0.3, -0.25) is 23.9 Å². The molecule has 1 fully saturated rings. The molecule has 2 rings (SSSR count). The van der Waals surface area contributed by atoms with Gasteiger partial charge in [0.05, 0.1) is 5.92 Å². The van der Waals surface area contributed by atoms with Gasteiger partial charge in [0.2, 0.25) is 6.29 Å². The van der Waals surface area contributed by atoms with Crippen molar-refractivity contribution in [3.63, 3.8) is 0 Å². The third-order valence-electron chi connectivity index (χ3n) is 4.47. The van der Waals surface area contributed by atoms with Gasteiger partial charge in [0, 0.05) is 24.6 Å². The van der Waals surface area contributed by atoms with Crippen LogP contribution in [-0.4, -0.2) is 33.9 Å². The molecule has 150 valence electrons. The minimum absolute atomic E-state index is 0.124. The summed E-state index contributed by atoms with van der Waals surface area (Å²) in [7, 11) is 0. The second-order valence-corrected chi connectivity index (χ2v) is 6.70. The summed E-state index contributed by atoms with van der Waals surface area (Å²) in [6, 6.07) is 0. The molecule has 4 atom stereocenters. The minimum Gasteiger partial charge on any atom is -0.455 e. The molecule has 1 unspecified atom stereocenters. The molecule has 9 nitrogen and oxygen atoms in total. The molecular weight excluding hydrogens is 356 g/mol. The number of nitrogens with zero attached hydrogens (tertiary/aromatic N) is 1. The van der Waals surface area contributed by atoms with E-state index in [4.69, 9.17) is 14.2 Å². The standard InChI is InChI=1S/C18H26N2O7/c1-5-7-14(21)25-12-8-13(20-9-11(4)15(22)19-18(20)24)26-17(12)27-16(23)10(3)6-2/h9-10,12-13,17H,5-8H2,1-4H3,(H,19,22,24)/t10?,12-,13+,17+/m0/s1. The molecule has 1 N–H and O–H groups in total. The SMILES string of the molecule is CCCC(=O)O[C@H]1C[C@H](n2cc(C)c(=O)[nH]c2=O)O[C@@H]1OC(=O)C(C)CC. The zero-order valence-corrected chi connectivity index (χ0v) is 16.0. The van der Waals surface area contributed by atoms with Crippen molar-refractivity contribution in [2.24, 2.45) is 5.92 Å². The normalized spacial score (nSPS) is 23.0. The molecule has 0 spiro atoms. The lowest BCUT2D eigenvalue weighted by Crippen LogP contribution is -2.34. The van der Waals surface area contributed by atoms with E-state index in [-0.39, 0.29) is 18.8 Å². The largest absolute Gasteiger partial charge is 0.455 e. The van der Waals surface area contributed by atoms with Gasteiger partial charge in [-0.05, 0) is 19.8 Å². The Morgan fingerprint density at radius 1 is 1.33 bits per heavy atom. The molecular formula is C18H26N2O7. The molecule has 1 aliphatic heterocycles. The van der Waals surface area contributed by atoms with E-state index in [1.807, 2.05) is 13.8 Å². The molecule has 1 aromatic rings. The number of aromatic amines is 1. The van der Waals surface area contributed by atoms with Gasteiger partial charge in [0.15, 0.2) is 6.10 Å². The quantitative estimate of drug-likeness (QED) is 0.708. The molecule has 1 aromatic heterocycles. The average Bonchev–Trinajstić information content (AvgIpc) is 2.99. The van der Waals surface area contributed by atoms with Crippen molar-refractivity contribution in [2.45, 2.75) is 72.0 Å². The van der Waals surface area contributed by atoms with Crippen LogP contribution < -0.4 is 11.2 Å². The maximum absolute atomic E-state index is 12.1. The lowest BCUT2D eigenvalue weighted by atomic mass is 10.1. The van der Waals surface area contributed by atoms with Crippen LogP contribution in [-0.2, 0) is 23.8 Å². The van der Waals surface area contributed by atoms with E-state index in [1.54, 1.807) is 13.8 Å². The Labute approximate surface area is 156 Å². The topological polar surface area (TPSA) is 117 Å². The summed E-state index contributed by atoms with van der Waals surface area (Å²) in [4.78, 5) is 49.9. The van der Waals surface area contributed by atoms with Crippen molar-refractivity contribution in [3.8, 4) is 0 Å². The molecule has 2 heterocycles. The van der Waals surface area contributed by atoms with Crippen LogP contribution in [0.15, 0.2) is 15.8 Å². The smallest absolute Gasteiger partial charge is 0.330 e. The highest BCUT2D eigenvalue weighted by molar-refractivity contribution is 5.72. The first-order valence-corrected chi connectivity index (χ1v) is 9.14. The van der Waals surface area contributed by atoms with Crippen LogP contribution in [0, 0.1) is 12.8 Å². The molecule has 1 saturated heterocycles. The maximum Gasteiger partial charge on any atom is 0.330 e. The van der Waals surface area contributed by atoms with E-state index in [1.165, 1.54) is 10.8 Å². The van der Waals surface area contributed by atoms with E-state index in [0.29, 0.717) is 18.4 Å². The predicted octanol–water partition coefficient (Wildman–Crippen LogP) is 1.39. The molecule has 0 bridgehead atoms. The number of carbonyl (C=O) groups is 2. The van der Waals surface area contributed by atoms with Crippen molar-refractivity contribution >= 4 is 11.9 Å². The van der Waals surface area contributed by atoms with Gasteiger partial charge < -0.3 is 14.2 Å². The fraction of sp³-hybridized carbons (Fsp3) is 0.667. The highest BCUT2D eigenvalue weighted by atomic mass is 16.7. The molecule has 0 saturated carbocycles. The molecule has 1 aliphatic rings. The minimum atomic E-state index is -1.11. The van der Waals surface area contributed by atoms with Crippen LogP contribution in [0.3, 0.4) is 0 Å². The number of hydrogen-bond acceptors (Lipinski definition) is 7. The van der Waals surface area contributed by atoms with Gasteiger partial charge in [0.1, 0.15) is 6.23 Å². The van der Waals surface area contributed by atoms with Gasteiger partial charge >= 0.3 is 17.6 Å². The lowest BCUT2D eigenvalue weighted by molar-refractivity contribution is -0.204. The average molecular weight is 382 g/mol. The fourth-order valence-electron chi connectivity index (χ4n) is 2.62. The summed E-state index contributed by atoms with van der Waals surface area (Å²) in [5, 5.41) is 0. The van der Waals surface area contributed by atoms with Crippen LogP contribution in [0.1, 0.15) is 58.2 Å². The lowest BCUT2D eigenvalue weighted by Gasteiger charge is -2.20. The van der Waals surface area contributed by atoms with Crippen LogP contribution in [0.4, 0.5) is 0 Å². The van der Waals surface area contributed by atoms with Gasteiger partial charge in [-0.2, -0.15) is 0 Å². The second kappa shape index (κ2) is 8.98. The number of carbonyl (C=O) groups excluding carboxylic acids is 2. The van der Waals surface area contributed by atoms with E-state index in [9.17, 15) is 19.2 Å². The maximum atomic E-state index is 12.1. The summed E-state index contributed by atoms with van der Waals surface area (Å²) in [6.07, 6.45) is 0.152. The Morgan fingerprint density at radius 3 is 2.67 bits per heavy atom. The number of aromatic nitrogens is 2. The third-order valence-corrected chi connectivity index (χ3v) is 4.47. The number of aryl methyl sites for hydroxylation is 1. The Hall–Kier alpha value is -2.42. The Balaban J connectivity index is 2.24. The Morgan fingerprint density at radius 2 is 2.04 bits per heavy atom. The number of rotatable bonds is 7. The van der Waals surface area contributed by atoms with Crippen molar-refractivity contribution in [3.05, 3.63) is 32.6 Å². The number of nitrogens with one attached hydrogen (secondary N) is 1. The van der Waals surface area contributed by atoms with Crippen LogP contribution in [0.5, 0.6) is 0 Å². The van der Waals surface area contributed by atoms with E-state index in [0.717, 1.165) is 0 Å². The molecule has 0 radical (unpaired) electrons. The first kappa shape index (κ1) is 20.9. The van der Waals surface area contributed by atoms with Gasteiger partial charge in [0.25, 0.3) is 5.56 Å². The second-order valence-electron chi connectivity index (χ2n) is 6.70. The first-order chi connectivity index (χ1) is 12.8. The third kappa shape index (κ3) is 5.06. The number of H-pyrrole nitrogens is 1. The zero-order valence-electron chi connectivity index (χ0n) is 16.0. The van der Waals surface area contributed by atoms with Crippen molar-refractivity contribution in [1.29, 1.82) is 0 Å². The van der Waals surface area contributed by atoms with Gasteiger partial charge in [-0.25, -0.2) is 4.79 Å². The highest BCUT2D eigenvalue weighted by Gasteiger charge is 2.42.